The molecule has 0 aliphatic carbocycles. The number of carboxylic acids is 1. The van der Waals surface area contributed by atoms with Gasteiger partial charge in [-0.2, -0.15) is 0 Å². The van der Waals surface area contributed by atoms with E-state index in [-0.39, 0.29) is 11.4 Å². The predicted molar refractivity (Wildman–Crippen MR) is 86.0 cm³/mol. The highest BCUT2D eigenvalue weighted by atomic mass is 19.1. The number of aromatic nitrogens is 1. The maximum atomic E-state index is 13.6. The monoisotopic (exact) mass is 310 g/mol. The Labute approximate surface area is 132 Å². The van der Waals surface area contributed by atoms with E-state index in [9.17, 15) is 14.3 Å². The van der Waals surface area contributed by atoms with Crippen LogP contribution < -0.4 is 5.32 Å². The van der Waals surface area contributed by atoms with Crippen molar-refractivity contribution in [3.8, 4) is 11.3 Å². The smallest absolute Gasteiger partial charge is 0.335 e. The number of fused-ring (bicyclic) bond motifs is 5. The minimum atomic E-state index is -0.936. The highest BCUT2D eigenvalue weighted by Gasteiger charge is 2.17. The molecular weight excluding hydrogens is 295 g/mol. The average molecular weight is 310 g/mol. The standard InChI is InChI=1S/C18H15FN2O2/c19-14-3-4-15-13(7-14)10-20-5-6-21-16-9-12(18(22)23)2-1-11(16)8-17(15)21/h1-4,7-9,20H,5-6,10H2,(H,22,23). The van der Waals surface area contributed by atoms with Crippen molar-refractivity contribution in [2.75, 3.05) is 6.54 Å². The second-order valence-electron chi connectivity index (χ2n) is 5.74. The Balaban J connectivity index is 2.00. The van der Waals surface area contributed by atoms with Crippen molar-refractivity contribution in [1.29, 1.82) is 0 Å². The summed E-state index contributed by atoms with van der Waals surface area (Å²) in [5.74, 6) is -1.18. The van der Waals surface area contributed by atoms with Gasteiger partial charge in [0.2, 0.25) is 0 Å². The van der Waals surface area contributed by atoms with Gasteiger partial charge in [0.1, 0.15) is 5.82 Å². The fourth-order valence-electron chi connectivity index (χ4n) is 3.22. The van der Waals surface area contributed by atoms with E-state index in [1.165, 1.54) is 6.07 Å². The molecule has 4 rings (SSSR count). The molecule has 5 heteroatoms. The Bertz CT molecular complexity index is 930. The number of nitrogens with one attached hydrogen (secondary N) is 1. The normalized spacial score (nSPS) is 14.0. The summed E-state index contributed by atoms with van der Waals surface area (Å²) < 4.78 is 15.7. The van der Waals surface area contributed by atoms with Crippen molar-refractivity contribution in [3.63, 3.8) is 0 Å². The summed E-state index contributed by atoms with van der Waals surface area (Å²) in [7, 11) is 0. The second kappa shape index (κ2) is 5.21. The Kier molecular flexibility index (Phi) is 3.16. The predicted octanol–water partition coefficient (Wildman–Crippen LogP) is 3.25. The SMILES string of the molecule is O=C(O)c1ccc2cc3n(c2c1)CCNCc1cc(F)ccc1-3. The third-order valence-electron chi connectivity index (χ3n) is 4.32. The first-order valence-corrected chi connectivity index (χ1v) is 7.49. The minimum Gasteiger partial charge on any atom is -0.478 e. The van der Waals surface area contributed by atoms with Crippen LogP contribution in [0.3, 0.4) is 0 Å². The topological polar surface area (TPSA) is 54.3 Å². The summed E-state index contributed by atoms with van der Waals surface area (Å²) in [5.41, 5.74) is 4.05. The van der Waals surface area contributed by atoms with Crippen molar-refractivity contribution >= 4 is 16.9 Å². The average Bonchev–Trinajstić information content (AvgIpc) is 2.86. The number of hydrogen-bond acceptors (Lipinski definition) is 2. The van der Waals surface area contributed by atoms with Crippen LogP contribution in [0.4, 0.5) is 4.39 Å². The van der Waals surface area contributed by atoms with Crippen molar-refractivity contribution in [3.05, 3.63) is 59.4 Å². The summed E-state index contributed by atoms with van der Waals surface area (Å²) in [4.78, 5) is 11.2. The Morgan fingerprint density at radius 1 is 1.17 bits per heavy atom. The number of rotatable bonds is 1. The molecule has 0 bridgehead atoms. The second-order valence-corrected chi connectivity index (χ2v) is 5.74. The van der Waals surface area contributed by atoms with E-state index in [0.29, 0.717) is 6.54 Å². The van der Waals surface area contributed by atoms with Crippen molar-refractivity contribution in [2.45, 2.75) is 13.1 Å². The van der Waals surface area contributed by atoms with Gasteiger partial charge in [0.25, 0.3) is 0 Å². The summed E-state index contributed by atoms with van der Waals surface area (Å²) in [6, 6.07) is 12.0. The molecule has 3 aromatic rings. The fraction of sp³-hybridized carbons (Fsp3) is 0.167. The van der Waals surface area contributed by atoms with Gasteiger partial charge in [-0.3, -0.25) is 0 Å². The number of nitrogens with zero attached hydrogens (tertiary/aromatic N) is 1. The summed E-state index contributed by atoms with van der Waals surface area (Å²) in [6.07, 6.45) is 0. The zero-order chi connectivity index (χ0) is 16.0. The molecule has 0 unspecified atom stereocenters. The molecule has 0 saturated carbocycles. The molecule has 2 N–H and O–H groups in total. The molecule has 1 aliphatic rings. The molecule has 0 spiro atoms. The van der Waals surface area contributed by atoms with Crippen LogP contribution in [-0.2, 0) is 13.1 Å². The molecule has 0 atom stereocenters. The number of hydrogen-bond donors (Lipinski definition) is 2. The first kappa shape index (κ1) is 14.0. The molecular formula is C18H15FN2O2. The van der Waals surface area contributed by atoms with Crippen LogP contribution in [0, 0.1) is 5.82 Å². The maximum Gasteiger partial charge on any atom is 0.335 e. The molecule has 0 amide bonds. The van der Waals surface area contributed by atoms with E-state index in [4.69, 9.17) is 0 Å². The van der Waals surface area contributed by atoms with E-state index < -0.39 is 5.97 Å². The van der Waals surface area contributed by atoms with E-state index >= 15 is 0 Å². The zero-order valence-corrected chi connectivity index (χ0v) is 12.3. The highest BCUT2D eigenvalue weighted by molar-refractivity contribution is 5.95. The van der Waals surface area contributed by atoms with Crippen LogP contribution in [0.1, 0.15) is 15.9 Å². The van der Waals surface area contributed by atoms with Crippen LogP contribution in [0.5, 0.6) is 0 Å². The van der Waals surface area contributed by atoms with Gasteiger partial charge in [-0.1, -0.05) is 6.07 Å². The Hall–Kier alpha value is -2.66. The Morgan fingerprint density at radius 3 is 2.87 bits per heavy atom. The molecule has 0 fully saturated rings. The first-order chi connectivity index (χ1) is 11.1. The van der Waals surface area contributed by atoms with Gasteiger partial charge in [0.15, 0.2) is 0 Å². The van der Waals surface area contributed by atoms with Crippen molar-refractivity contribution < 1.29 is 14.3 Å². The molecule has 23 heavy (non-hydrogen) atoms. The fourth-order valence-corrected chi connectivity index (χ4v) is 3.22. The van der Waals surface area contributed by atoms with Crippen LogP contribution in [0.2, 0.25) is 0 Å². The van der Waals surface area contributed by atoms with E-state index in [2.05, 4.69) is 9.88 Å². The van der Waals surface area contributed by atoms with Gasteiger partial charge >= 0.3 is 5.97 Å². The van der Waals surface area contributed by atoms with Crippen molar-refractivity contribution in [1.82, 2.24) is 9.88 Å². The molecule has 2 aromatic carbocycles. The van der Waals surface area contributed by atoms with Crippen LogP contribution in [0.25, 0.3) is 22.2 Å². The lowest BCUT2D eigenvalue weighted by Crippen LogP contribution is -2.22. The molecule has 4 nitrogen and oxygen atoms in total. The zero-order valence-electron chi connectivity index (χ0n) is 12.3. The van der Waals surface area contributed by atoms with E-state index in [0.717, 1.165) is 40.8 Å². The Morgan fingerprint density at radius 2 is 2.04 bits per heavy atom. The van der Waals surface area contributed by atoms with Gasteiger partial charge in [-0.05, 0) is 42.0 Å². The molecule has 1 aromatic heterocycles. The first-order valence-electron chi connectivity index (χ1n) is 7.49. The molecule has 0 radical (unpaired) electrons. The third kappa shape index (κ3) is 2.29. The number of carbonyl (C=O) groups is 1. The summed E-state index contributed by atoms with van der Waals surface area (Å²) in [6.45, 7) is 2.09. The van der Waals surface area contributed by atoms with Crippen LogP contribution in [0.15, 0.2) is 42.5 Å². The van der Waals surface area contributed by atoms with Gasteiger partial charge in [0.05, 0.1) is 5.56 Å². The van der Waals surface area contributed by atoms with Gasteiger partial charge in [0, 0.05) is 41.8 Å². The van der Waals surface area contributed by atoms with Gasteiger partial charge in [-0.15, -0.1) is 0 Å². The summed E-state index contributed by atoms with van der Waals surface area (Å²) >= 11 is 0. The van der Waals surface area contributed by atoms with Crippen LogP contribution >= 0.6 is 0 Å². The minimum absolute atomic E-state index is 0.248. The van der Waals surface area contributed by atoms with Gasteiger partial charge < -0.3 is 15.0 Å². The lowest BCUT2D eigenvalue weighted by atomic mass is 10.0. The quantitative estimate of drug-likeness (QED) is 0.725. The van der Waals surface area contributed by atoms with Crippen LogP contribution in [-0.4, -0.2) is 22.2 Å². The number of aromatic carboxylic acids is 1. The molecule has 116 valence electrons. The van der Waals surface area contributed by atoms with E-state index in [1.807, 2.05) is 12.1 Å². The maximum absolute atomic E-state index is 13.6. The number of halogens is 1. The lowest BCUT2D eigenvalue weighted by Gasteiger charge is -2.18. The largest absolute Gasteiger partial charge is 0.478 e. The number of carboxylic acid groups (broad SMARTS) is 1. The lowest BCUT2D eigenvalue weighted by molar-refractivity contribution is 0.0697. The highest BCUT2D eigenvalue weighted by Crippen LogP contribution is 2.32. The third-order valence-corrected chi connectivity index (χ3v) is 4.32. The molecule has 2 heterocycles. The van der Waals surface area contributed by atoms with Crippen molar-refractivity contribution in [2.24, 2.45) is 0 Å². The van der Waals surface area contributed by atoms with E-state index in [1.54, 1.807) is 24.3 Å². The van der Waals surface area contributed by atoms with Gasteiger partial charge in [-0.25, -0.2) is 9.18 Å². The molecule has 1 aliphatic heterocycles. The summed E-state index contributed by atoms with van der Waals surface area (Å²) in [5, 5.41) is 13.5. The number of benzene rings is 2. The molecule has 0 saturated heterocycles.